The Morgan fingerprint density at radius 3 is 0.657 bits per heavy atom. The smallest absolute Gasteiger partial charge is 0.337 e. The van der Waals surface area contributed by atoms with Crippen LogP contribution in [0.3, 0.4) is 0 Å². The average molecular weight is 1460 g/mol. The fraction of sp³-hybridized carbons (Fsp3) is 0.167. The number of esters is 4. The summed E-state index contributed by atoms with van der Waals surface area (Å²) in [5, 5.41) is 8.72. The molecule has 5 heterocycles. The van der Waals surface area contributed by atoms with Gasteiger partial charge in [0.15, 0.2) is 27.9 Å². The van der Waals surface area contributed by atoms with Crippen molar-refractivity contribution in [3.05, 3.63) is 259 Å². The third kappa shape index (κ3) is 25.7. The first-order valence-electron chi connectivity index (χ1n) is 32.7. The van der Waals surface area contributed by atoms with Crippen LogP contribution in [-0.2, 0) is 42.7 Å². The van der Waals surface area contributed by atoms with Gasteiger partial charge < -0.3 is 64.7 Å². The number of para-hydroxylation sites is 10. The second kappa shape index (κ2) is 44.8. The van der Waals surface area contributed by atoms with Gasteiger partial charge in [0.05, 0.1) is 65.4 Å². The van der Waals surface area contributed by atoms with Crippen LogP contribution in [0, 0.1) is 11.3 Å². The quantitative estimate of drug-likeness (QED) is 0.0957. The maximum atomic E-state index is 11.3. The molecule has 5 aromatic heterocycles. The lowest BCUT2D eigenvalue weighted by atomic mass is 10.1. The van der Waals surface area contributed by atoms with Crippen molar-refractivity contribution in [1.29, 1.82) is 5.26 Å². The second-order valence-corrected chi connectivity index (χ2v) is 21.8. The standard InChI is InChI=1S/2C15H11NO3.C14H8N2O.2C14H11NO2.2C3H6O2.3C2H6O/c2*1-18-15(17)11-8-6-10(7-9-11)14-16-12-4-2-3-5-13(12)19-14;15-9-10-5-7-11(8-6-10)14-16-12-3-1-2-4-13(12)17-14;2*1-16-11-8-6-10(7-9-11)14-15-12-4-2-3-5-13(12)17-14;2*1-3(4)5-2;3*1-3-2/h2*2-9H,1H3;1-8H;2*2-9H,1H3;2*1-2H3;3*1-2H3. The molecule has 0 N–H and O–H groups in total. The molecule has 0 unspecified atom stereocenters. The molecule has 0 spiro atoms. The molecule has 0 atom stereocenters. The van der Waals surface area contributed by atoms with Gasteiger partial charge in [0.25, 0.3) is 0 Å². The first-order valence-corrected chi connectivity index (χ1v) is 32.7. The number of benzene rings is 10. The lowest BCUT2D eigenvalue weighted by Gasteiger charge is -1.99. The predicted octanol–water partition coefficient (Wildman–Crippen LogP) is 18.1. The molecule has 108 heavy (non-hydrogen) atoms. The number of carbonyl (C=O) groups excluding carboxylic acids is 4. The average Bonchev–Trinajstić information content (AvgIpc) is 1.71. The molecule has 15 rings (SSSR count). The Morgan fingerprint density at radius 1 is 0.287 bits per heavy atom. The van der Waals surface area contributed by atoms with Gasteiger partial charge in [0.2, 0.25) is 29.5 Å². The zero-order valence-corrected chi connectivity index (χ0v) is 62.1. The molecule has 0 aliphatic rings. The normalized spacial score (nSPS) is 9.82. The third-order valence-corrected chi connectivity index (χ3v) is 14.1. The minimum Gasteiger partial charge on any atom is -0.497 e. The van der Waals surface area contributed by atoms with Gasteiger partial charge in [0, 0.05) is 84.3 Å². The Kier molecular flexibility index (Phi) is 34.6. The molecule has 0 fully saturated rings. The number of carbonyl (C=O) groups is 4. The molecule has 24 heteroatoms. The molecular formula is C84H82N6O18. The topological polar surface area (TPSA) is 305 Å². The fourth-order valence-corrected chi connectivity index (χ4v) is 8.87. The van der Waals surface area contributed by atoms with E-state index >= 15 is 0 Å². The van der Waals surface area contributed by atoms with Crippen molar-refractivity contribution in [3.63, 3.8) is 0 Å². The molecule has 0 aliphatic heterocycles. The molecule has 0 saturated heterocycles. The largest absolute Gasteiger partial charge is 0.497 e. The molecule has 556 valence electrons. The maximum absolute atomic E-state index is 11.3. The summed E-state index contributed by atoms with van der Waals surface area (Å²) in [5.74, 6) is 3.37. The van der Waals surface area contributed by atoms with Crippen molar-refractivity contribution in [2.24, 2.45) is 0 Å². The molecule has 15 aromatic rings. The first-order chi connectivity index (χ1) is 52.4. The van der Waals surface area contributed by atoms with Crippen molar-refractivity contribution >= 4 is 79.4 Å². The summed E-state index contributed by atoms with van der Waals surface area (Å²) in [6.45, 7) is 2.72. The van der Waals surface area contributed by atoms with Gasteiger partial charge in [-0.25, -0.2) is 34.5 Å². The van der Waals surface area contributed by atoms with E-state index < -0.39 is 0 Å². The van der Waals surface area contributed by atoms with Gasteiger partial charge in [-0.1, -0.05) is 60.7 Å². The number of aromatic nitrogens is 5. The highest BCUT2D eigenvalue weighted by Crippen LogP contribution is 2.30. The van der Waals surface area contributed by atoms with Gasteiger partial charge in [-0.3, -0.25) is 9.59 Å². The number of ether oxygens (including phenoxy) is 9. The molecule has 0 aliphatic carbocycles. The lowest BCUT2D eigenvalue weighted by molar-refractivity contribution is -0.138. The van der Waals surface area contributed by atoms with E-state index in [0.717, 1.165) is 94.8 Å². The number of oxazole rings is 5. The summed E-state index contributed by atoms with van der Waals surface area (Å²) in [4.78, 5) is 63.9. The van der Waals surface area contributed by atoms with Crippen LogP contribution in [0.1, 0.15) is 40.1 Å². The number of methoxy groups -OCH3 is 9. The van der Waals surface area contributed by atoms with Crippen molar-refractivity contribution in [3.8, 4) is 74.8 Å². The Balaban J connectivity index is 0.000000199. The Hall–Kier alpha value is -13.6. The Morgan fingerprint density at radius 2 is 0.481 bits per heavy atom. The van der Waals surface area contributed by atoms with E-state index in [4.69, 9.17) is 36.8 Å². The van der Waals surface area contributed by atoms with Crippen LogP contribution in [-0.4, -0.2) is 134 Å². The van der Waals surface area contributed by atoms with Crippen molar-refractivity contribution in [2.75, 3.05) is 85.3 Å². The summed E-state index contributed by atoms with van der Waals surface area (Å²) in [6, 6.07) is 76.7. The van der Waals surface area contributed by atoms with Crippen molar-refractivity contribution in [2.45, 2.75) is 13.8 Å². The van der Waals surface area contributed by atoms with Crippen LogP contribution in [0.4, 0.5) is 0 Å². The number of fused-ring (bicyclic) bond motifs is 5. The zero-order chi connectivity index (χ0) is 78.2. The molecule has 0 radical (unpaired) electrons. The SMILES string of the molecule is COC.COC.COC.COC(=O)c1ccc(-c2nc3ccccc3o2)cc1.COC(=O)c1ccc(-c2nc3ccccc3o2)cc1.COC(C)=O.COC(C)=O.COc1ccc(-c2nc3ccccc3o2)cc1.COc1ccc(-c2nc3ccccc3o2)cc1.N#Cc1ccc(-c2nc3ccccc3o2)cc1. The number of nitriles is 1. The van der Waals surface area contributed by atoms with Crippen molar-refractivity contribution in [1.82, 2.24) is 24.9 Å². The number of hydrogen-bond acceptors (Lipinski definition) is 24. The molecule has 0 bridgehead atoms. The highest BCUT2D eigenvalue weighted by molar-refractivity contribution is 5.91. The first kappa shape index (κ1) is 83.3. The minimum absolute atomic E-state index is 0.245. The van der Waals surface area contributed by atoms with Gasteiger partial charge in [-0.05, 0) is 182 Å². The summed E-state index contributed by atoms with van der Waals surface area (Å²) in [7, 11) is 18.5. The van der Waals surface area contributed by atoms with Gasteiger partial charge in [-0.15, -0.1) is 0 Å². The van der Waals surface area contributed by atoms with Gasteiger partial charge in [0.1, 0.15) is 39.1 Å². The van der Waals surface area contributed by atoms with Crippen LogP contribution in [0.15, 0.2) is 265 Å². The van der Waals surface area contributed by atoms with E-state index in [9.17, 15) is 19.2 Å². The van der Waals surface area contributed by atoms with E-state index in [2.05, 4.69) is 64.1 Å². The molecule has 10 aromatic carbocycles. The summed E-state index contributed by atoms with van der Waals surface area (Å²) >= 11 is 0. The van der Waals surface area contributed by atoms with E-state index in [1.54, 1.807) is 118 Å². The van der Waals surface area contributed by atoms with E-state index in [1.165, 1.54) is 42.3 Å². The maximum Gasteiger partial charge on any atom is 0.337 e. The molecule has 0 amide bonds. The molecular weight excluding hydrogens is 1380 g/mol. The Labute approximate surface area is 623 Å². The number of rotatable bonds is 9. The number of hydrogen-bond donors (Lipinski definition) is 0. The third-order valence-electron chi connectivity index (χ3n) is 14.1. The van der Waals surface area contributed by atoms with Crippen LogP contribution >= 0.6 is 0 Å². The lowest BCUT2D eigenvalue weighted by Crippen LogP contribution is -2.00. The van der Waals surface area contributed by atoms with Crippen LogP contribution in [0.5, 0.6) is 11.5 Å². The predicted molar refractivity (Wildman–Crippen MR) is 412 cm³/mol. The van der Waals surface area contributed by atoms with Crippen LogP contribution in [0.2, 0.25) is 0 Å². The summed E-state index contributed by atoms with van der Waals surface area (Å²) < 4.78 is 68.8. The van der Waals surface area contributed by atoms with Gasteiger partial charge >= 0.3 is 23.9 Å². The fourth-order valence-electron chi connectivity index (χ4n) is 8.87. The van der Waals surface area contributed by atoms with Crippen LogP contribution in [0.25, 0.3) is 113 Å². The van der Waals surface area contributed by atoms with E-state index in [0.29, 0.717) is 46.1 Å². The zero-order valence-electron chi connectivity index (χ0n) is 62.1. The van der Waals surface area contributed by atoms with E-state index in [-0.39, 0.29) is 23.9 Å². The Bertz CT molecular complexity index is 4800. The molecule has 24 nitrogen and oxygen atoms in total. The van der Waals surface area contributed by atoms with Crippen molar-refractivity contribution < 1.29 is 83.9 Å². The van der Waals surface area contributed by atoms with Gasteiger partial charge in [-0.2, -0.15) is 5.26 Å². The molecule has 0 saturated carbocycles. The minimum atomic E-state index is -0.357. The highest BCUT2D eigenvalue weighted by atomic mass is 16.5. The van der Waals surface area contributed by atoms with E-state index in [1.807, 2.05) is 182 Å². The second-order valence-electron chi connectivity index (χ2n) is 21.8. The monoisotopic (exact) mass is 1460 g/mol. The summed E-state index contributed by atoms with van der Waals surface area (Å²) in [5.41, 5.74) is 14.1. The number of nitrogens with zero attached hydrogens (tertiary/aromatic N) is 6. The van der Waals surface area contributed by atoms with Crippen LogP contribution < -0.4 is 9.47 Å². The highest BCUT2D eigenvalue weighted by Gasteiger charge is 2.14. The summed E-state index contributed by atoms with van der Waals surface area (Å²) in [6.07, 6.45) is 0.